The zero-order valence-corrected chi connectivity index (χ0v) is 27.2. The Morgan fingerprint density at radius 1 is 0.915 bits per heavy atom. The van der Waals surface area contributed by atoms with Crippen molar-refractivity contribution < 1.29 is 9.90 Å². The number of piperidine rings is 1. The number of benzene rings is 1. The number of nitrogens with two attached hydrogens (primary N) is 1. The lowest BCUT2D eigenvalue weighted by molar-refractivity contribution is 0.0982. The summed E-state index contributed by atoms with van der Waals surface area (Å²) in [6, 6.07) is 13.0. The number of carbonyl (C=O) groups excluding carboxylic acids is 1. The van der Waals surface area contributed by atoms with Crippen molar-refractivity contribution in [2.24, 2.45) is 11.7 Å². The van der Waals surface area contributed by atoms with Gasteiger partial charge in [0, 0.05) is 92.6 Å². The molecule has 0 radical (unpaired) electrons. The normalized spacial score (nSPS) is 21.6. The zero-order chi connectivity index (χ0) is 32.3. The second kappa shape index (κ2) is 13.8. The van der Waals surface area contributed by atoms with E-state index in [4.69, 9.17) is 15.7 Å². The van der Waals surface area contributed by atoms with Gasteiger partial charge in [-0.25, -0.2) is 9.97 Å². The summed E-state index contributed by atoms with van der Waals surface area (Å²) in [6.45, 7) is 6.94. The second-order valence-electron chi connectivity index (χ2n) is 13.4. The number of aromatic nitrogens is 4. The summed E-state index contributed by atoms with van der Waals surface area (Å²) in [6.07, 6.45) is 9.62. The fraction of sp³-hybridized carbons (Fsp3) is 0.486. The van der Waals surface area contributed by atoms with Gasteiger partial charge in [-0.1, -0.05) is 0 Å². The predicted octanol–water partition coefficient (Wildman–Crippen LogP) is 4.04. The van der Waals surface area contributed by atoms with Crippen LogP contribution < -0.4 is 21.3 Å². The van der Waals surface area contributed by atoms with Crippen LogP contribution in [-0.2, 0) is 0 Å². The number of primary amides is 1. The fourth-order valence-corrected chi connectivity index (χ4v) is 7.38. The van der Waals surface area contributed by atoms with E-state index in [-0.39, 0.29) is 18.3 Å². The first-order valence-electron chi connectivity index (χ1n) is 17.0. The maximum atomic E-state index is 12.8. The third kappa shape index (κ3) is 6.90. The van der Waals surface area contributed by atoms with Crippen molar-refractivity contribution in [3.63, 3.8) is 0 Å². The van der Waals surface area contributed by atoms with E-state index in [0.29, 0.717) is 35.0 Å². The first-order valence-corrected chi connectivity index (χ1v) is 17.0. The topological polar surface area (TPSA) is 152 Å². The summed E-state index contributed by atoms with van der Waals surface area (Å²) < 4.78 is 0. The molecule has 0 bridgehead atoms. The number of carbonyl (C=O) groups is 1. The van der Waals surface area contributed by atoms with Crippen LogP contribution in [0.15, 0.2) is 48.8 Å². The molecule has 3 aromatic heterocycles. The summed E-state index contributed by atoms with van der Waals surface area (Å²) in [5.74, 6) is 0.507. The number of rotatable bonds is 9. The number of aliphatic hydroxyl groups is 1. The molecular weight excluding hydrogens is 592 g/mol. The van der Waals surface area contributed by atoms with Gasteiger partial charge < -0.3 is 36.3 Å². The number of fused-ring (bicyclic) bond motifs is 1. The van der Waals surface area contributed by atoms with Crippen LogP contribution >= 0.6 is 0 Å². The van der Waals surface area contributed by atoms with Gasteiger partial charge in [0.15, 0.2) is 17.3 Å². The van der Waals surface area contributed by atoms with E-state index < -0.39 is 5.91 Å². The van der Waals surface area contributed by atoms with Crippen molar-refractivity contribution in [3.8, 4) is 11.4 Å². The first-order chi connectivity index (χ1) is 22.9. The third-order valence-electron chi connectivity index (χ3n) is 10.3. The number of likely N-dealkylation sites (N-methyl/N-ethyl adjacent to an activating group) is 1. The van der Waals surface area contributed by atoms with Crippen molar-refractivity contribution in [1.29, 1.82) is 0 Å². The lowest BCUT2D eigenvalue weighted by Gasteiger charge is -2.42. The summed E-state index contributed by atoms with van der Waals surface area (Å²) in [5, 5.41) is 17.5. The average Bonchev–Trinajstić information content (AvgIpc) is 3.59. The van der Waals surface area contributed by atoms with Gasteiger partial charge in [0.1, 0.15) is 11.4 Å². The van der Waals surface area contributed by atoms with Crippen molar-refractivity contribution in [1.82, 2.24) is 29.7 Å². The molecule has 7 rings (SSSR count). The molecule has 6 N–H and O–H groups in total. The highest BCUT2D eigenvalue weighted by atomic mass is 16.3. The Balaban J connectivity index is 1.12. The molecule has 0 atom stereocenters. The maximum absolute atomic E-state index is 12.8. The average molecular weight is 639 g/mol. The molecule has 2 aliphatic heterocycles. The number of nitrogens with one attached hydrogen (secondary N) is 3. The number of hydrogen-bond acceptors (Lipinski definition) is 10. The van der Waals surface area contributed by atoms with Crippen LogP contribution in [0.1, 0.15) is 49.0 Å². The molecule has 47 heavy (non-hydrogen) atoms. The molecule has 0 spiro atoms. The quantitative estimate of drug-likeness (QED) is 0.182. The molecule has 12 nitrogen and oxygen atoms in total. The van der Waals surface area contributed by atoms with E-state index in [1.165, 1.54) is 31.6 Å². The number of aliphatic hydroxyl groups excluding tert-OH is 1. The first kappa shape index (κ1) is 31.3. The molecule has 1 saturated carbocycles. The van der Waals surface area contributed by atoms with Crippen LogP contribution in [0.3, 0.4) is 0 Å². The Morgan fingerprint density at radius 2 is 1.66 bits per heavy atom. The SMILES string of the molecule is CN1CCN(C2CCN(c3ccc(Nc4nc(N[C@H]5CC[C@H](CO)CC5)c(-c5nccc6[nH]ccc56)nc4C(N)=O)cc3)CC2)CC1. The van der Waals surface area contributed by atoms with E-state index in [1.807, 2.05) is 30.5 Å². The van der Waals surface area contributed by atoms with E-state index in [1.54, 1.807) is 6.20 Å². The molecule has 1 aliphatic carbocycles. The number of anilines is 4. The highest BCUT2D eigenvalue weighted by molar-refractivity contribution is 6.00. The van der Waals surface area contributed by atoms with Crippen LogP contribution in [0, 0.1) is 5.92 Å². The van der Waals surface area contributed by atoms with Gasteiger partial charge in [0.2, 0.25) is 0 Å². The largest absolute Gasteiger partial charge is 0.396 e. The number of amides is 1. The van der Waals surface area contributed by atoms with E-state index in [2.05, 4.69) is 54.5 Å². The van der Waals surface area contributed by atoms with E-state index in [9.17, 15) is 9.90 Å². The van der Waals surface area contributed by atoms with Crippen LogP contribution in [0.2, 0.25) is 0 Å². The van der Waals surface area contributed by atoms with Crippen molar-refractivity contribution >= 4 is 39.8 Å². The third-order valence-corrected chi connectivity index (χ3v) is 10.3. The Labute approximate surface area is 275 Å². The summed E-state index contributed by atoms with van der Waals surface area (Å²) >= 11 is 0. The number of piperazine rings is 1. The fourth-order valence-electron chi connectivity index (χ4n) is 7.38. The van der Waals surface area contributed by atoms with E-state index in [0.717, 1.165) is 68.5 Å². The minimum Gasteiger partial charge on any atom is -0.396 e. The van der Waals surface area contributed by atoms with Gasteiger partial charge in [-0.2, -0.15) is 0 Å². The molecule has 1 amide bonds. The van der Waals surface area contributed by atoms with Gasteiger partial charge in [-0.15, -0.1) is 0 Å². The molecule has 5 heterocycles. The van der Waals surface area contributed by atoms with Crippen molar-refractivity contribution in [3.05, 3.63) is 54.5 Å². The Bertz CT molecular complexity index is 1670. The van der Waals surface area contributed by atoms with Gasteiger partial charge >= 0.3 is 0 Å². The van der Waals surface area contributed by atoms with Gasteiger partial charge in [-0.3, -0.25) is 14.7 Å². The highest BCUT2D eigenvalue weighted by Gasteiger charge is 2.28. The molecule has 3 aliphatic rings. The molecule has 3 fully saturated rings. The minimum absolute atomic E-state index is 0.0546. The standard InChI is InChI=1S/C35H46N10O2/c1-43-18-20-45(21-19-43)27-12-16-44(17-13-27)26-8-6-25(7-9-26)40-35-32(33(36)47)41-31(30-28-10-14-37-29(28)11-15-38-30)34(42-35)39-24-4-2-23(22-46)3-5-24/h6-11,14-15,23-24,27,37,46H,2-5,12-13,16-22H2,1H3,(H2,36,47)(H2,39,40,42)/t23-,24-. The smallest absolute Gasteiger partial charge is 0.271 e. The van der Waals surface area contributed by atoms with Crippen molar-refractivity contribution in [2.45, 2.75) is 50.6 Å². The number of aromatic amines is 1. The number of H-pyrrole nitrogens is 1. The molecule has 248 valence electrons. The summed E-state index contributed by atoms with van der Waals surface area (Å²) in [4.78, 5) is 38.0. The van der Waals surface area contributed by atoms with Crippen LogP contribution in [0.5, 0.6) is 0 Å². The molecule has 0 unspecified atom stereocenters. The number of pyridine rings is 1. The summed E-state index contributed by atoms with van der Waals surface area (Å²) in [7, 11) is 2.21. The van der Waals surface area contributed by atoms with Gasteiger partial charge in [0.05, 0.1) is 0 Å². The molecule has 1 aromatic carbocycles. The molecular formula is C35H46N10O2. The minimum atomic E-state index is -0.669. The Kier molecular flexibility index (Phi) is 9.23. The number of hydrogen-bond donors (Lipinski definition) is 5. The molecule has 12 heteroatoms. The molecule has 2 saturated heterocycles. The van der Waals surface area contributed by atoms with Crippen LogP contribution in [-0.4, -0.2) is 106 Å². The maximum Gasteiger partial charge on any atom is 0.271 e. The number of nitrogens with zero attached hydrogens (tertiary/aromatic N) is 6. The Hall–Kier alpha value is -4.26. The second-order valence-corrected chi connectivity index (χ2v) is 13.4. The summed E-state index contributed by atoms with van der Waals surface area (Å²) in [5.41, 5.74) is 9.96. The lowest BCUT2D eigenvalue weighted by atomic mass is 9.86. The molecule has 4 aromatic rings. The van der Waals surface area contributed by atoms with Crippen molar-refractivity contribution in [2.75, 3.05) is 68.5 Å². The van der Waals surface area contributed by atoms with Gasteiger partial charge in [0.25, 0.3) is 5.91 Å². The lowest BCUT2D eigenvalue weighted by Crippen LogP contribution is -2.52. The van der Waals surface area contributed by atoms with Gasteiger partial charge in [-0.05, 0) is 87.9 Å². The Morgan fingerprint density at radius 3 is 2.36 bits per heavy atom. The highest BCUT2D eigenvalue weighted by Crippen LogP contribution is 2.35. The monoisotopic (exact) mass is 638 g/mol. The zero-order valence-electron chi connectivity index (χ0n) is 27.2. The predicted molar refractivity (Wildman–Crippen MR) is 186 cm³/mol. The van der Waals surface area contributed by atoms with Crippen LogP contribution in [0.4, 0.5) is 23.0 Å². The van der Waals surface area contributed by atoms with E-state index >= 15 is 0 Å². The van der Waals surface area contributed by atoms with Crippen LogP contribution in [0.25, 0.3) is 22.3 Å².